The lowest BCUT2D eigenvalue weighted by atomic mass is 9.96. The van der Waals surface area contributed by atoms with Crippen LogP contribution in [0.25, 0.3) is 0 Å². The van der Waals surface area contributed by atoms with Gasteiger partial charge in [0.25, 0.3) is 5.56 Å². The number of hydrogen-bond acceptors (Lipinski definition) is 6. The Hall–Kier alpha value is -2.74. The van der Waals surface area contributed by atoms with Crippen molar-refractivity contribution in [1.29, 1.82) is 0 Å². The first-order valence-corrected chi connectivity index (χ1v) is 13.3. The van der Waals surface area contributed by atoms with Crippen molar-refractivity contribution in [1.82, 2.24) is 14.4 Å². The second-order valence-electron chi connectivity index (χ2n) is 8.97. The predicted octanol–water partition coefficient (Wildman–Crippen LogP) is 4.37. The van der Waals surface area contributed by atoms with E-state index in [4.69, 9.17) is 4.74 Å². The lowest BCUT2D eigenvalue weighted by Gasteiger charge is -2.39. The lowest BCUT2D eigenvalue weighted by molar-refractivity contribution is 0.111. The first-order valence-electron chi connectivity index (χ1n) is 12.1. The van der Waals surface area contributed by atoms with Crippen LogP contribution in [0.4, 0.5) is 0 Å². The summed E-state index contributed by atoms with van der Waals surface area (Å²) in [6.07, 6.45) is 2.06. The van der Waals surface area contributed by atoms with Gasteiger partial charge in [-0.15, -0.1) is 11.8 Å². The van der Waals surface area contributed by atoms with E-state index in [9.17, 15) is 9.90 Å². The molecule has 186 valence electrons. The fraction of sp³-hybridized carbons (Fsp3) is 0.393. The van der Waals surface area contributed by atoms with Crippen molar-refractivity contribution >= 4 is 11.8 Å². The monoisotopic (exact) mass is 493 g/mol. The van der Waals surface area contributed by atoms with Crippen LogP contribution in [0.2, 0.25) is 0 Å². The maximum Gasteiger partial charge on any atom is 0.259 e. The summed E-state index contributed by atoms with van der Waals surface area (Å²) in [7, 11) is 1.64. The summed E-state index contributed by atoms with van der Waals surface area (Å²) >= 11 is 1.69. The second kappa shape index (κ2) is 11.3. The standard InChI is InChI=1S/C28H35N3O3S/c1-5-29-14-16-30(17-15-29)27(22-8-12-24(35-4)13-9-22)26-25(32)18-20(2)31(28(26)33)19-21-6-10-23(34-3)11-7-21/h6-13,18,27,32H,5,14-17,19H2,1-4H3. The quantitative estimate of drug-likeness (QED) is 0.471. The van der Waals surface area contributed by atoms with Crippen molar-refractivity contribution in [3.05, 3.63) is 87.3 Å². The zero-order chi connectivity index (χ0) is 24.9. The molecule has 2 aromatic carbocycles. The van der Waals surface area contributed by atoms with E-state index in [0.717, 1.165) is 55.3 Å². The maximum absolute atomic E-state index is 14.0. The van der Waals surface area contributed by atoms with Crippen molar-refractivity contribution < 1.29 is 9.84 Å². The Morgan fingerprint density at radius 2 is 1.69 bits per heavy atom. The molecular formula is C28H35N3O3S. The van der Waals surface area contributed by atoms with E-state index in [-0.39, 0.29) is 17.4 Å². The number of methoxy groups -OCH3 is 1. The Morgan fingerprint density at radius 1 is 1.03 bits per heavy atom. The van der Waals surface area contributed by atoms with Crippen LogP contribution in [-0.4, -0.2) is 65.6 Å². The molecule has 0 aliphatic carbocycles. The third kappa shape index (κ3) is 5.58. The van der Waals surface area contributed by atoms with Crippen LogP contribution >= 0.6 is 11.8 Å². The number of aromatic hydroxyl groups is 1. The lowest BCUT2D eigenvalue weighted by Crippen LogP contribution is -2.48. The number of piperazine rings is 1. The van der Waals surface area contributed by atoms with E-state index in [1.165, 1.54) is 4.90 Å². The third-order valence-corrected chi connectivity index (χ3v) is 7.69. The number of aryl methyl sites for hydroxylation is 1. The van der Waals surface area contributed by atoms with Crippen molar-refractivity contribution in [2.45, 2.75) is 31.3 Å². The van der Waals surface area contributed by atoms with E-state index in [1.807, 2.05) is 31.2 Å². The summed E-state index contributed by atoms with van der Waals surface area (Å²) in [5.74, 6) is 0.847. The molecule has 3 aromatic rings. The van der Waals surface area contributed by atoms with Crippen LogP contribution in [0.1, 0.15) is 35.3 Å². The van der Waals surface area contributed by atoms with E-state index < -0.39 is 0 Å². The average Bonchev–Trinajstić information content (AvgIpc) is 2.89. The first-order chi connectivity index (χ1) is 16.9. The van der Waals surface area contributed by atoms with E-state index in [2.05, 4.69) is 47.2 Å². The minimum Gasteiger partial charge on any atom is -0.507 e. The Labute approximate surface area is 212 Å². The Morgan fingerprint density at radius 3 is 2.26 bits per heavy atom. The van der Waals surface area contributed by atoms with Gasteiger partial charge in [-0.05, 0) is 61.2 Å². The highest BCUT2D eigenvalue weighted by Gasteiger charge is 2.31. The molecule has 1 atom stereocenters. The van der Waals surface area contributed by atoms with Crippen LogP contribution in [0.5, 0.6) is 11.5 Å². The van der Waals surface area contributed by atoms with Crippen LogP contribution < -0.4 is 10.3 Å². The minimum atomic E-state index is -0.305. The SMILES string of the molecule is CCN1CCN(C(c2ccc(SC)cc2)c2c(O)cc(C)n(Cc3ccc(OC)cc3)c2=O)CC1. The van der Waals surface area contributed by atoms with Crippen molar-refractivity contribution in [2.24, 2.45) is 0 Å². The summed E-state index contributed by atoms with van der Waals surface area (Å²) < 4.78 is 7.04. The first kappa shape index (κ1) is 25.4. The van der Waals surface area contributed by atoms with Crippen LogP contribution in [-0.2, 0) is 6.54 Å². The van der Waals surface area contributed by atoms with Crippen LogP contribution in [0, 0.1) is 6.92 Å². The van der Waals surface area contributed by atoms with Gasteiger partial charge in [-0.1, -0.05) is 31.2 Å². The van der Waals surface area contributed by atoms with Gasteiger partial charge in [-0.3, -0.25) is 9.69 Å². The molecule has 1 saturated heterocycles. The number of rotatable bonds is 8. The molecule has 6 nitrogen and oxygen atoms in total. The number of nitrogens with zero attached hydrogens (tertiary/aromatic N) is 3. The molecular weight excluding hydrogens is 458 g/mol. The van der Waals surface area contributed by atoms with Gasteiger partial charge >= 0.3 is 0 Å². The number of aromatic nitrogens is 1. The topological polar surface area (TPSA) is 57.9 Å². The van der Waals surface area contributed by atoms with Crippen molar-refractivity contribution in [3.8, 4) is 11.5 Å². The molecule has 35 heavy (non-hydrogen) atoms. The fourth-order valence-electron chi connectivity index (χ4n) is 4.82. The third-order valence-electron chi connectivity index (χ3n) is 6.95. The molecule has 7 heteroatoms. The molecule has 1 unspecified atom stereocenters. The number of pyridine rings is 1. The number of thioether (sulfide) groups is 1. The number of benzene rings is 2. The molecule has 1 aliphatic rings. The molecule has 0 spiro atoms. The van der Waals surface area contributed by atoms with Gasteiger partial charge in [0.2, 0.25) is 0 Å². The minimum absolute atomic E-state index is 0.0651. The van der Waals surface area contributed by atoms with E-state index >= 15 is 0 Å². The summed E-state index contributed by atoms with van der Waals surface area (Å²) in [4.78, 5) is 19.9. The average molecular weight is 494 g/mol. The Balaban J connectivity index is 1.78. The molecule has 4 rings (SSSR count). The molecule has 2 heterocycles. The Kier molecular flexibility index (Phi) is 8.21. The fourth-order valence-corrected chi connectivity index (χ4v) is 5.23. The maximum atomic E-state index is 14.0. The van der Waals surface area contributed by atoms with Gasteiger partial charge in [0.05, 0.1) is 25.3 Å². The highest BCUT2D eigenvalue weighted by Crippen LogP contribution is 2.34. The highest BCUT2D eigenvalue weighted by molar-refractivity contribution is 7.98. The van der Waals surface area contributed by atoms with Crippen LogP contribution in [0.3, 0.4) is 0 Å². The molecule has 1 aromatic heterocycles. The molecule has 0 saturated carbocycles. The van der Waals surface area contributed by atoms with Gasteiger partial charge in [0, 0.05) is 36.8 Å². The van der Waals surface area contributed by atoms with Gasteiger partial charge < -0.3 is 19.3 Å². The number of hydrogen-bond donors (Lipinski definition) is 1. The highest BCUT2D eigenvalue weighted by atomic mass is 32.2. The zero-order valence-corrected chi connectivity index (χ0v) is 21.8. The van der Waals surface area contributed by atoms with E-state index in [0.29, 0.717) is 12.1 Å². The smallest absolute Gasteiger partial charge is 0.259 e. The molecule has 1 aliphatic heterocycles. The predicted molar refractivity (Wildman–Crippen MR) is 143 cm³/mol. The normalized spacial score (nSPS) is 15.8. The summed E-state index contributed by atoms with van der Waals surface area (Å²) in [6, 6.07) is 17.5. The molecule has 1 fully saturated rings. The van der Waals surface area contributed by atoms with E-state index in [1.54, 1.807) is 29.5 Å². The van der Waals surface area contributed by atoms with Gasteiger partial charge in [0.1, 0.15) is 11.5 Å². The molecule has 0 radical (unpaired) electrons. The number of likely N-dealkylation sites (N-methyl/N-ethyl adjacent to an activating group) is 1. The Bertz CT molecular complexity index is 1180. The summed E-state index contributed by atoms with van der Waals surface area (Å²) in [5.41, 5.74) is 3.07. The van der Waals surface area contributed by atoms with Crippen molar-refractivity contribution in [2.75, 3.05) is 46.1 Å². The largest absolute Gasteiger partial charge is 0.507 e. The summed E-state index contributed by atoms with van der Waals surface area (Å²) in [6.45, 7) is 9.08. The summed E-state index contributed by atoms with van der Waals surface area (Å²) in [5, 5.41) is 11.1. The van der Waals surface area contributed by atoms with Gasteiger partial charge in [-0.2, -0.15) is 0 Å². The van der Waals surface area contributed by atoms with Gasteiger partial charge in [0.15, 0.2) is 0 Å². The van der Waals surface area contributed by atoms with Crippen molar-refractivity contribution in [3.63, 3.8) is 0 Å². The molecule has 1 N–H and O–H groups in total. The molecule has 0 bridgehead atoms. The van der Waals surface area contributed by atoms with Gasteiger partial charge in [-0.25, -0.2) is 0 Å². The second-order valence-corrected chi connectivity index (χ2v) is 9.85. The van der Waals surface area contributed by atoms with Crippen LogP contribution in [0.15, 0.2) is 64.3 Å². The number of ether oxygens (including phenoxy) is 1. The molecule has 0 amide bonds. The zero-order valence-electron chi connectivity index (χ0n) is 21.0.